The molecule has 1 aromatic heterocycles. The predicted molar refractivity (Wildman–Crippen MR) is 75.4 cm³/mol. The van der Waals surface area contributed by atoms with E-state index in [0.29, 0.717) is 11.3 Å². The number of benzene rings is 2. The van der Waals surface area contributed by atoms with E-state index in [1.807, 2.05) is 30.3 Å². The van der Waals surface area contributed by atoms with E-state index < -0.39 is 0 Å². The highest BCUT2D eigenvalue weighted by atomic mass is 16.3. The van der Waals surface area contributed by atoms with Gasteiger partial charge in [0.2, 0.25) is 0 Å². The Bertz CT molecular complexity index is 764. The van der Waals surface area contributed by atoms with Crippen LogP contribution in [0.25, 0.3) is 10.9 Å². The molecular formula is C15H13N3O2. The zero-order chi connectivity index (χ0) is 13.9. The van der Waals surface area contributed by atoms with Gasteiger partial charge in [0.05, 0.1) is 5.52 Å². The number of amides is 1. The van der Waals surface area contributed by atoms with Crippen molar-refractivity contribution in [2.75, 3.05) is 0 Å². The maximum Gasteiger partial charge on any atom is 0.272 e. The third kappa shape index (κ3) is 2.21. The maximum atomic E-state index is 12.1. The van der Waals surface area contributed by atoms with Crippen LogP contribution in [-0.2, 0) is 6.54 Å². The summed E-state index contributed by atoms with van der Waals surface area (Å²) in [6, 6.07) is 14.3. The molecule has 0 saturated heterocycles. The minimum atomic E-state index is -0.272. The summed E-state index contributed by atoms with van der Waals surface area (Å²) in [5.41, 5.74) is 1.84. The van der Waals surface area contributed by atoms with Gasteiger partial charge in [0, 0.05) is 17.5 Å². The average molecular weight is 267 g/mol. The van der Waals surface area contributed by atoms with Crippen LogP contribution >= 0.6 is 0 Å². The number of fused-ring (bicyclic) bond motifs is 1. The van der Waals surface area contributed by atoms with Gasteiger partial charge >= 0.3 is 0 Å². The van der Waals surface area contributed by atoms with E-state index in [1.165, 1.54) is 0 Å². The van der Waals surface area contributed by atoms with Gasteiger partial charge in [-0.05, 0) is 12.1 Å². The Morgan fingerprint density at radius 3 is 2.75 bits per heavy atom. The minimum Gasteiger partial charge on any atom is -0.508 e. The predicted octanol–water partition coefficient (Wildman–Crippen LogP) is 2.20. The van der Waals surface area contributed by atoms with Crippen molar-refractivity contribution >= 4 is 16.8 Å². The lowest BCUT2D eigenvalue weighted by molar-refractivity contribution is 0.0947. The second kappa shape index (κ2) is 5.05. The van der Waals surface area contributed by atoms with Gasteiger partial charge in [0.1, 0.15) is 5.75 Å². The molecule has 5 heteroatoms. The largest absolute Gasteiger partial charge is 0.508 e. The summed E-state index contributed by atoms with van der Waals surface area (Å²) in [5.74, 6) is -0.106. The molecule has 0 atom stereocenters. The van der Waals surface area contributed by atoms with Crippen molar-refractivity contribution in [2.24, 2.45) is 0 Å². The SMILES string of the molecule is O=C(NCc1ccccc1O)c1n[nH]c2ccccc12. The molecule has 20 heavy (non-hydrogen) atoms. The van der Waals surface area contributed by atoms with E-state index in [0.717, 1.165) is 10.9 Å². The second-order valence-corrected chi connectivity index (χ2v) is 4.43. The Labute approximate surface area is 115 Å². The Balaban J connectivity index is 1.79. The van der Waals surface area contributed by atoms with E-state index in [1.54, 1.807) is 18.2 Å². The number of nitrogens with zero attached hydrogens (tertiary/aromatic N) is 1. The van der Waals surface area contributed by atoms with Crippen molar-refractivity contribution in [1.29, 1.82) is 0 Å². The van der Waals surface area contributed by atoms with Crippen molar-refractivity contribution < 1.29 is 9.90 Å². The van der Waals surface area contributed by atoms with Crippen molar-refractivity contribution in [2.45, 2.75) is 6.54 Å². The van der Waals surface area contributed by atoms with Crippen LogP contribution in [0.2, 0.25) is 0 Å². The van der Waals surface area contributed by atoms with Crippen LogP contribution in [-0.4, -0.2) is 21.2 Å². The van der Waals surface area contributed by atoms with Gasteiger partial charge in [-0.3, -0.25) is 9.89 Å². The standard InChI is InChI=1S/C15H13N3O2/c19-13-8-4-1-5-10(13)9-16-15(20)14-11-6-2-3-7-12(11)17-18-14/h1-8,19H,9H2,(H,16,20)(H,17,18). The molecule has 0 bridgehead atoms. The first-order valence-electron chi connectivity index (χ1n) is 6.24. The summed E-state index contributed by atoms with van der Waals surface area (Å²) >= 11 is 0. The molecule has 100 valence electrons. The van der Waals surface area contributed by atoms with Gasteiger partial charge in [-0.25, -0.2) is 0 Å². The summed E-state index contributed by atoms with van der Waals surface area (Å²) in [7, 11) is 0. The van der Waals surface area contributed by atoms with Crippen LogP contribution in [0.3, 0.4) is 0 Å². The lowest BCUT2D eigenvalue weighted by atomic mass is 10.2. The molecule has 0 aliphatic heterocycles. The molecule has 1 heterocycles. The van der Waals surface area contributed by atoms with E-state index in [2.05, 4.69) is 15.5 Å². The Morgan fingerprint density at radius 1 is 1.15 bits per heavy atom. The minimum absolute atomic E-state index is 0.166. The highest BCUT2D eigenvalue weighted by molar-refractivity contribution is 6.04. The van der Waals surface area contributed by atoms with Crippen molar-refractivity contribution in [3.63, 3.8) is 0 Å². The lowest BCUT2D eigenvalue weighted by Gasteiger charge is -2.05. The molecule has 0 spiro atoms. The van der Waals surface area contributed by atoms with Crippen LogP contribution in [0.5, 0.6) is 5.75 Å². The molecule has 3 N–H and O–H groups in total. The van der Waals surface area contributed by atoms with Gasteiger partial charge in [-0.2, -0.15) is 5.10 Å². The second-order valence-electron chi connectivity index (χ2n) is 4.43. The average Bonchev–Trinajstić information content (AvgIpc) is 2.90. The molecule has 0 radical (unpaired) electrons. The number of aromatic nitrogens is 2. The maximum absolute atomic E-state index is 12.1. The van der Waals surface area contributed by atoms with Crippen LogP contribution in [0.15, 0.2) is 48.5 Å². The molecule has 0 unspecified atom stereocenters. The fourth-order valence-corrected chi connectivity index (χ4v) is 2.06. The highest BCUT2D eigenvalue weighted by Crippen LogP contribution is 2.17. The number of para-hydroxylation sites is 2. The van der Waals surface area contributed by atoms with Gasteiger partial charge in [-0.1, -0.05) is 36.4 Å². The van der Waals surface area contributed by atoms with E-state index in [-0.39, 0.29) is 18.2 Å². The number of H-pyrrole nitrogens is 1. The molecule has 0 aliphatic carbocycles. The third-order valence-electron chi connectivity index (χ3n) is 3.12. The zero-order valence-corrected chi connectivity index (χ0v) is 10.6. The first kappa shape index (κ1) is 12.2. The fourth-order valence-electron chi connectivity index (χ4n) is 2.06. The number of hydrogen-bond acceptors (Lipinski definition) is 3. The van der Waals surface area contributed by atoms with E-state index >= 15 is 0 Å². The number of phenolic OH excluding ortho intramolecular Hbond substituents is 1. The van der Waals surface area contributed by atoms with Crippen LogP contribution in [0, 0.1) is 0 Å². The molecular weight excluding hydrogens is 254 g/mol. The van der Waals surface area contributed by atoms with Gasteiger partial charge in [0.15, 0.2) is 5.69 Å². The van der Waals surface area contributed by atoms with Gasteiger partial charge in [-0.15, -0.1) is 0 Å². The molecule has 2 aromatic carbocycles. The first-order valence-corrected chi connectivity index (χ1v) is 6.24. The fraction of sp³-hybridized carbons (Fsp3) is 0.0667. The van der Waals surface area contributed by atoms with E-state index in [9.17, 15) is 9.90 Å². The first-order chi connectivity index (χ1) is 9.75. The number of aromatic hydroxyl groups is 1. The van der Waals surface area contributed by atoms with Crippen LogP contribution in [0.1, 0.15) is 16.1 Å². The van der Waals surface area contributed by atoms with Crippen molar-refractivity contribution in [3.05, 3.63) is 59.8 Å². The van der Waals surface area contributed by atoms with E-state index in [4.69, 9.17) is 0 Å². The molecule has 5 nitrogen and oxygen atoms in total. The zero-order valence-electron chi connectivity index (χ0n) is 10.6. The molecule has 1 amide bonds. The smallest absolute Gasteiger partial charge is 0.272 e. The topological polar surface area (TPSA) is 78.0 Å². The van der Waals surface area contributed by atoms with Gasteiger partial charge < -0.3 is 10.4 Å². The lowest BCUT2D eigenvalue weighted by Crippen LogP contribution is -2.23. The summed E-state index contributed by atoms with van der Waals surface area (Å²) in [6.45, 7) is 0.257. The Hall–Kier alpha value is -2.82. The third-order valence-corrected chi connectivity index (χ3v) is 3.12. The van der Waals surface area contributed by atoms with Gasteiger partial charge in [0.25, 0.3) is 5.91 Å². The molecule has 0 saturated carbocycles. The van der Waals surface area contributed by atoms with Crippen molar-refractivity contribution in [1.82, 2.24) is 15.5 Å². The molecule has 0 fully saturated rings. The van der Waals surface area contributed by atoms with Crippen LogP contribution in [0.4, 0.5) is 0 Å². The number of phenols is 1. The summed E-state index contributed by atoms with van der Waals surface area (Å²) in [6.07, 6.45) is 0. The Kier molecular flexibility index (Phi) is 3.09. The number of carbonyl (C=O) groups is 1. The normalized spacial score (nSPS) is 10.6. The number of carbonyl (C=O) groups excluding carboxylic acids is 1. The Morgan fingerprint density at radius 2 is 1.90 bits per heavy atom. The monoisotopic (exact) mass is 267 g/mol. The summed E-state index contributed by atoms with van der Waals surface area (Å²) < 4.78 is 0. The molecule has 3 aromatic rings. The molecule has 3 rings (SSSR count). The highest BCUT2D eigenvalue weighted by Gasteiger charge is 2.13. The summed E-state index contributed by atoms with van der Waals surface area (Å²) in [4.78, 5) is 12.1. The molecule has 0 aliphatic rings. The number of nitrogens with one attached hydrogen (secondary N) is 2. The number of hydrogen-bond donors (Lipinski definition) is 3. The van der Waals surface area contributed by atoms with Crippen molar-refractivity contribution in [3.8, 4) is 5.75 Å². The summed E-state index contributed by atoms with van der Waals surface area (Å²) in [5, 5.41) is 20.0. The van der Waals surface area contributed by atoms with Crippen LogP contribution < -0.4 is 5.32 Å². The number of aromatic amines is 1. The number of rotatable bonds is 3. The quantitative estimate of drug-likeness (QED) is 0.680.